The zero-order valence-corrected chi connectivity index (χ0v) is 14.6. The average Bonchev–Trinajstić information content (AvgIpc) is 2.96. The molecule has 9 heteroatoms. The number of carbonyl (C=O) groups excluding carboxylic acids is 1. The van der Waals surface area contributed by atoms with Crippen molar-refractivity contribution >= 4 is 51.4 Å². The highest BCUT2D eigenvalue weighted by Crippen LogP contribution is 2.29. The van der Waals surface area contributed by atoms with Crippen LogP contribution >= 0.6 is 34.7 Å². The highest BCUT2D eigenvalue weighted by molar-refractivity contribution is 8.02. The first-order valence-corrected chi connectivity index (χ1v) is 8.68. The number of benzene rings is 1. The second-order valence-electron chi connectivity index (χ2n) is 4.42. The minimum absolute atomic E-state index is 0.0369. The van der Waals surface area contributed by atoms with Crippen molar-refractivity contribution in [3.63, 3.8) is 0 Å². The number of rotatable bonds is 7. The van der Waals surface area contributed by atoms with Crippen LogP contribution in [-0.4, -0.2) is 27.9 Å². The fourth-order valence-electron chi connectivity index (χ4n) is 1.51. The van der Waals surface area contributed by atoms with Crippen LogP contribution in [0.5, 0.6) is 0 Å². The fraction of sp³-hybridized carbons (Fsp3) is 0.214. The summed E-state index contributed by atoms with van der Waals surface area (Å²) in [6.07, 6.45) is 1.72. The van der Waals surface area contributed by atoms with Gasteiger partial charge in [-0.2, -0.15) is 0 Å². The zero-order valence-electron chi connectivity index (χ0n) is 12.2. The summed E-state index contributed by atoms with van der Waals surface area (Å²) >= 11 is 8.34. The van der Waals surface area contributed by atoms with Gasteiger partial charge in [-0.25, -0.2) is 4.39 Å². The number of anilines is 2. The lowest BCUT2D eigenvalue weighted by Crippen LogP contribution is -2.22. The van der Waals surface area contributed by atoms with Gasteiger partial charge in [-0.1, -0.05) is 40.8 Å². The minimum atomic E-state index is -0.527. The fourth-order valence-corrected chi connectivity index (χ4v) is 3.59. The predicted octanol–water partition coefficient (Wildman–Crippen LogP) is 4.05. The average molecular weight is 373 g/mol. The van der Waals surface area contributed by atoms with Crippen LogP contribution in [0.2, 0.25) is 5.02 Å². The summed E-state index contributed by atoms with van der Waals surface area (Å²) in [4.78, 5) is 12.2. The molecule has 0 radical (unpaired) electrons. The van der Waals surface area contributed by atoms with Crippen LogP contribution in [0.3, 0.4) is 0 Å². The maximum atomic E-state index is 13.1. The van der Waals surface area contributed by atoms with Crippen molar-refractivity contribution in [2.75, 3.05) is 17.2 Å². The second-order valence-corrected chi connectivity index (χ2v) is 7.39. The van der Waals surface area contributed by atoms with E-state index in [0.717, 1.165) is 0 Å². The van der Waals surface area contributed by atoms with Crippen LogP contribution < -0.4 is 10.6 Å². The second kappa shape index (κ2) is 8.28. The van der Waals surface area contributed by atoms with Crippen molar-refractivity contribution in [1.29, 1.82) is 0 Å². The third-order valence-electron chi connectivity index (χ3n) is 2.64. The maximum absolute atomic E-state index is 13.1. The maximum Gasteiger partial charge on any atom is 0.237 e. The molecule has 0 aliphatic carbocycles. The van der Waals surface area contributed by atoms with E-state index in [1.807, 2.05) is 0 Å². The summed E-state index contributed by atoms with van der Waals surface area (Å²) in [6.45, 7) is 5.96. The summed E-state index contributed by atoms with van der Waals surface area (Å²) in [5, 5.41) is 13.9. The quantitative estimate of drug-likeness (QED) is 0.567. The van der Waals surface area contributed by atoms with E-state index >= 15 is 0 Å². The van der Waals surface area contributed by atoms with Gasteiger partial charge in [0.05, 0.1) is 10.3 Å². The van der Waals surface area contributed by atoms with Crippen molar-refractivity contribution in [2.24, 2.45) is 0 Å². The molecular weight excluding hydrogens is 359 g/mol. The van der Waals surface area contributed by atoms with Gasteiger partial charge in [0, 0.05) is 12.2 Å². The van der Waals surface area contributed by atoms with E-state index in [1.54, 1.807) is 13.0 Å². The highest BCUT2D eigenvalue weighted by Gasteiger charge is 2.17. The molecule has 0 spiro atoms. The molecule has 1 aromatic heterocycles. The molecule has 0 aliphatic heterocycles. The molecular formula is C14H14ClFN4OS2. The van der Waals surface area contributed by atoms with Gasteiger partial charge >= 0.3 is 0 Å². The van der Waals surface area contributed by atoms with E-state index in [4.69, 9.17) is 11.6 Å². The first kappa shape index (κ1) is 17.7. The number of hydrogen-bond donors (Lipinski definition) is 2. The van der Waals surface area contributed by atoms with E-state index in [9.17, 15) is 9.18 Å². The Bertz CT molecular complexity index is 710. The van der Waals surface area contributed by atoms with Gasteiger partial charge in [-0.3, -0.25) is 4.79 Å². The Balaban J connectivity index is 1.92. The minimum Gasteiger partial charge on any atom is -0.357 e. The van der Waals surface area contributed by atoms with Crippen molar-refractivity contribution in [2.45, 2.75) is 16.5 Å². The number of thioether (sulfide) groups is 1. The van der Waals surface area contributed by atoms with Gasteiger partial charge in [0.1, 0.15) is 5.82 Å². The van der Waals surface area contributed by atoms with Crippen molar-refractivity contribution in [1.82, 2.24) is 10.2 Å². The number of aromatic nitrogens is 2. The number of hydrogen-bond acceptors (Lipinski definition) is 6. The van der Waals surface area contributed by atoms with Crippen LogP contribution in [0.4, 0.5) is 15.2 Å². The molecule has 23 heavy (non-hydrogen) atoms. The molecule has 0 fully saturated rings. The van der Waals surface area contributed by atoms with E-state index in [2.05, 4.69) is 27.4 Å². The first-order valence-electron chi connectivity index (χ1n) is 6.60. The number of nitrogens with zero attached hydrogens (tertiary/aromatic N) is 2. The molecule has 1 heterocycles. The summed E-state index contributed by atoms with van der Waals surface area (Å²) in [5.74, 6) is -0.756. The third kappa shape index (κ3) is 5.19. The molecule has 122 valence electrons. The standard InChI is InChI=1S/C14H14ClFN4OS2/c1-3-6-17-13-19-20-14(23-13)22-8(2)12(21)18-9-4-5-11(16)10(15)7-9/h3-5,7-8H,1,6H2,2H3,(H,17,19)(H,18,21). The van der Waals surface area contributed by atoms with Crippen molar-refractivity contribution in [3.8, 4) is 0 Å². The normalized spacial score (nSPS) is 11.8. The van der Waals surface area contributed by atoms with E-state index in [1.165, 1.54) is 41.3 Å². The summed E-state index contributed by atoms with van der Waals surface area (Å²) < 4.78 is 13.8. The Morgan fingerprint density at radius 3 is 3.04 bits per heavy atom. The largest absolute Gasteiger partial charge is 0.357 e. The molecule has 5 nitrogen and oxygen atoms in total. The Morgan fingerprint density at radius 1 is 1.57 bits per heavy atom. The molecule has 2 N–H and O–H groups in total. The first-order chi connectivity index (χ1) is 11.0. The van der Waals surface area contributed by atoms with Crippen LogP contribution in [0.1, 0.15) is 6.92 Å². The summed E-state index contributed by atoms with van der Waals surface area (Å²) in [7, 11) is 0. The molecule has 2 rings (SSSR count). The number of nitrogens with one attached hydrogen (secondary N) is 2. The van der Waals surface area contributed by atoms with Crippen LogP contribution in [0.25, 0.3) is 0 Å². The lowest BCUT2D eigenvalue weighted by atomic mass is 10.3. The van der Waals surface area contributed by atoms with Crippen LogP contribution in [0.15, 0.2) is 35.2 Å². The molecule has 0 saturated heterocycles. The highest BCUT2D eigenvalue weighted by atomic mass is 35.5. The number of carbonyl (C=O) groups is 1. The van der Waals surface area contributed by atoms with Crippen LogP contribution in [0, 0.1) is 5.82 Å². The Morgan fingerprint density at radius 2 is 2.35 bits per heavy atom. The molecule has 1 atom stereocenters. The Labute approximate surface area is 146 Å². The predicted molar refractivity (Wildman–Crippen MR) is 94.0 cm³/mol. The van der Waals surface area contributed by atoms with Crippen LogP contribution in [-0.2, 0) is 4.79 Å². The van der Waals surface area contributed by atoms with Crippen molar-refractivity contribution < 1.29 is 9.18 Å². The van der Waals surface area contributed by atoms with E-state index in [-0.39, 0.29) is 16.2 Å². The smallest absolute Gasteiger partial charge is 0.237 e. The molecule has 1 amide bonds. The van der Waals surface area contributed by atoms with Gasteiger partial charge in [-0.05, 0) is 25.1 Å². The van der Waals surface area contributed by atoms with Gasteiger partial charge in [-0.15, -0.1) is 16.8 Å². The van der Waals surface area contributed by atoms with Gasteiger partial charge in [0.25, 0.3) is 0 Å². The molecule has 2 aromatic rings. The molecule has 0 aliphatic rings. The topological polar surface area (TPSA) is 66.9 Å². The summed E-state index contributed by atoms with van der Waals surface area (Å²) in [6, 6.07) is 4.03. The Kier molecular flexibility index (Phi) is 6.37. The molecule has 0 bridgehead atoms. The van der Waals surface area contributed by atoms with Gasteiger partial charge < -0.3 is 10.6 Å². The molecule has 0 saturated carbocycles. The lowest BCUT2D eigenvalue weighted by Gasteiger charge is -2.10. The van der Waals surface area contributed by atoms with Gasteiger partial charge in [0.15, 0.2) is 4.34 Å². The molecule has 1 aromatic carbocycles. The lowest BCUT2D eigenvalue weighted by molar-refractivity contribution is -0.115. The third-order valence-corrected chi connectivity index (χ3v) is 4.99. The van der Waals surface area contributed by atoms with Gasteiger partial charge in [0.2, 0.25) is 11.0 Å². The van der Waals surface area contributed by atoms with E-state index < -0.39 is 5.82 Å². The zero-order chi connectivity index (χ0) is 16.8. The monoisotopic (exact) mass is 372 g/mol. The number of amides is 1. The Hall–Kier alpha value is -1.64. The molecule has 1 unspecified atom stereocenters. The van der Waals surface area contributed by atoms with Crippen molar-refractivity contribution in [3.05, 3.63) is 41.7 Å². The van der Waals surface area contributed by atoms with E-state index in [0.29, 0.717) is 21.7 Å². The summed E-state index contributed by atoms with van der Waals surface area (Å²) in [5.41, 5.74) is 0.444. The SMILES string of the molecule is C=CCNc1nnc(SC(C)C(=O)Nc2ccc(F)c(Cl)c2)s1. The number of halogens is 2.